The fourth-order valence-electron chi connectivity index (χ4n) is 2.00. The Bertz CT molecular complexity index is 517. The Kier molecular flexibility index (Phi) is 4.15. The van der Waals surface area contributed by atoms with Gasteiger partial charge in [-0.3, -0.25) is 0 Å². The highest BCUT2D eigenvalue weighted by molar-refractivity contribution is 7.09. The third-order valence-electron chi connectivity index (χ3n) is 3.17. The van der Waals surface area contributed by atoms with Gasteiger partial charge >= 0.3 is 0 Å². The number of thiazole rings is 1. The molecular weight excluding hydrogens is 240 g/mol. The van der Waals surface area contributed by atoms with Crippen molar-refractivity contribution < 1.29 is 0 Å². The molecule has 0 fully saturated rings. The molecule has 0 aliphatic carbocycles. The Hall–Kier alpha value is -1.19. The van der Waals surface area contributed by atoms with Gasteiger partial charge in [0, 0.05) is 5.38 Å². The minimum Gasteiger partial charge on any atom is -0.318 e. The zero-order chi connectivity index (χ0) is 13.1. The predicted octanol–water partition coefficient (Wildman–Crippen LogP) is 3.88. The summed E-state index contributed by atoms with van der Waals surface area (Å²) in [5.41, 5.74) is 10.0. The van der Waals surface area contributed by atoms with Gasteiger partial charge in [-0.15, -0.1) is 11.3 Å². The molecule has 2 N–H and O–H groups in total. The Labute approximate surface area is 113 Å². The number of benzene rings is 1. The molecule has 18 heavy (non-hydrogen) atoms. The van der Waals surface area contributed by atoms with Crippen molar-refractivity contribution in [2.24, 2.45) is 5.73 Å². The fraction of sp³-hybridized carbons (Fsp3) is 0.400. The van der Waals surface area contributed by atoms with E-state index in [-0.39, 0.29) is 6.04 Å². The number of nitrogens with zero attached hydrogens (tertiary/aromatic N) is 1. The van der Waals surface area contributed by atoms with E-state index in [0.29, 0.717) is 5.92 Å². The van der Waals surface area contributed by atoms with Crippen molar-refractivity contribution in [2.75, 3.05) is 0 Å². The lowest BCUT2D eigenvalue weighted by atomic mass is 9.99. The molecular formula is C15H20N2S. The number of rotatable bonds is 4. The fourth-order valence-corrected chi connectivity index (χ4v) is 3.00. The molecule has 1 unspecified atom stereocenters. The van der Waals surface area contributed by atoms with Gasteiger partial charge in [-0.25, -0.2) is 4.98 Å². The van der Waals surface area contributed by atoms with E-state index in [4.69, 9.17) is 5.73 Å². The summed E-state index contributed by atoms with van der Waals surface area (Å²) in [6.07, 6.45) is 1.01. The summed E-state index contributed by atoms with van der Waals surface area (Å²) in [4.78, 5) is 4.65. The highest BCUT2D eigenvalue weighted by atomic mass is 32.1. The Morgan fingerprint density at radius 2 is 2.00 bits per heavy atom. The molecule has 0 aliphatic heterocycles. The molecule has 0 spiro atoms. The van der Waals surface area contributed by atoms with E-state index in [1.807, 2.05) is 6.07 Å². The van der Waals surface area contributed by atoms with Crippen LogP contribution in [0.5, 0.6) is 0 Å². The number of aromatic nitrogens is 1. The average Bonchev–Trinajstić information content (AvgIpc) is 2.87. The van der Waals surface area contributed by atoms with Crippen LogP contribution in [0.1, 0.15) is 54.6 Å². The monoisotopic (exact) mass is 260 g/mol. The standard InChI is InChI=1S/C15H20N2S/c1-4-11-7-5-6-8-12(11)14(16)15-17-13(9-18-15)10(2)3/h5-10,14H,4,16H2,1-3H3. The van der Waals surface area contributed by atoms with Gasteiger partial charge in [-0.2, -0.15) is 0 Å². The quantitative estimate of drug-likeness (QED) is 0.906. The number of hydrogen-bond acceptors (Lipinski definition) is 3. The molecule has 0 amide bonds. The molecule has 2 rings (SSSR count). The average molecular weight is 260 g/mol. The van der Waals surface area contributed by atoms with Crippen LogP contribution in [0.15, 0.2) is 29.6 Å². The highest BCUT2D eigenvalue weighted by Crippen LogP contribution is 2.27. The van der Waals surface area contributed by atoms with Gasteiger partial charge in [-0.1, -0.05) is 45.0 Å². The van der Waals surface area contributed by atoms with E-state index in [2.05, 4.69) is 49.3 Å². The lowest BCUT2D eigenvalue weighted by molar-refractivity contribution is 0.789. The Balaban J connectivity index is 2.32. The van der Waals surface area contributed by atoms with Gasteiger partial charge in [0.05, 0.1) is 11.7 Å². The summed E-state index contributed by atoms with van der Waals surface area (Å²) in [7, 11) is 0. The zero-order valence-corrected chi connectivity index (χ0v) is 12.0. The molecule has 0 radical (unpaired) electrons. The van der Waals surface area contributed by atoms with Gasteiger partial charge in [0.1, 0.15) is 5.01 Å². The van der Waals surface area contributed by atoms with Crippen molar-refractivity contribution in [3.8, 4) is 0 Å². The van der Waals surface area contributed by atoms with Gasteiger partial charge in [-0.05, 0) is 23.5 Å². The van der Waals surface area contributed by atoms with Crippen LogP contribution >= 0.6 is 11.3 Å². The normalized spacial score (nSPS) is 12.9. The first-order valence-corrected chi connectivity index (χ1v) is 7.30. The van der Waals surface area contributed by atoms with E-state index >= 15 is 0 Å². The molecule has 0 bridgehead atoms. The molecule has 96 valence electrons. The Morgan fingerprint density at radius 3 is 2.61 bits per heavy atom. The second-order valence-electron chi connectivity index (χ2n) is 4.80. The molecule has 2 aromatic rings. The van der Waals surface area contributed by atoms with Crippen molar-refractivity contribution in [1.29, 1.82) is 0 Å². The lowest BCUT2D eigenvalue weighted by Crippen LogP contribution is -2.13. The second kappa shape index (κ2) is 5.63. The van der Waals surface area contributed by atoms with Crippen molar-refractivity contribution in [1.82, 2.24) is 4.98 Å². The van der Waals surface area contributed by atoms with Crippen LogP contribution in [0.3, 0.4) is 0 Å². The van der Waals surface area contributed by atoms with Crippen LogP contribution in [0.2, 0.25) is 0 Å². The summed E-state index contributed by atoms with van der Waals surface area (Å²) in [5, 5.41) is 3.13. The van der Waals surface area contributed by atoms with Crippen molar-refractivity contribution in [3.05, 3.63) is 51.5 Å². The van der Waals surface area contributed by atoms with Crippen molar-refractivity contribution in [3.63, 3.8) is 0 Å². The van der Waals surface area contributed by atoms with E-state index < -0.39 is 0 Å². The number of aryl methyl sites for hydroxylation is 1. The molecule has 3 heteroatoms. The summed E-state index contributed by atoms with van der Waals surface area (Å²) in [5.74, 6) is 0.462. The van der Waals surface area contributed by atoms with Crippen LogP contribution in [0.25, 0.3) is 0 Å². The lowest BCUT2D eigenvalue weighted by Gasteiger charge is -2.13. The van der Waals surface area contributed by atoms with Crippen LogP contribution in [0, 0.1) is 0 Å². The zero-order valence-electron chi connectivity index (χ0n) is 11.2. The van der Waals surface area contributed by atoms with Crippen LogP contribution in [0.4, 0.5) is 0 Å². The summed E-state index contributed by atoms with van der Waals surface area (Å²) >= 11 is 1.66. The highest BCUT2D eigenvalue weighted by Gasteiger charge is 2.16. The molecule has 2 nitrogen and oxygen atoms in total. The molecule has 0 aliphatic rings. The molecule has 0 saturated carbocycles. The number of nitrogens with two attached hydrogens (primary N) is 1. The first kappa shape index (κ1) is 13.2. The van der Waals surface area contributed by atoms with Crippen LogP contribution in [-0.2, 0) is 6.42 Å². The minimum absolute atomic E-state index is 0.0985. The van der Waals surface area contributed by atoms with E-state index in [0.717, 1.165) is 17.1 Å². The third kappa shape index (κ3) is 2.62. The summed E-state index contributed by atoms with van der Waals surface area (Å²) in [6, 6.07) is 8.27. The first-order valence-electron chi connectivity index (χ1n) is 6.42. The largest absolute Gasteiger partial charge is 0.318 e. The maximum atomic E-state index is 6.35. The maximum absolute atomic E-state index is 6.35. The predicted molar refractivity (Wildman–Crippen MR) is 78.1 cm³/mol. The van der Waals surface area contributed by atoms with Crippen LogP contribution < -0.4 is 5.73 Å². The molecule has 0 saturated heterocycles. The molecule has 1 aromatic carbocycles. The molecule has 1 atom stereocenters. The smallest absolute Gasteiger partial charge is 0.114 e. The van der Waals surface area contributed by atoms with E-state index in [1.54, 1.807) is 11.3 Å². The van der Waals surface area contributed by atoms with E-state index in [1.165, 1.54) is 11.1 Å². The topological polar surface area (TPSA) is 38.9 Å². The summed E-state index contributed by atoms with van der Waals surface area (Å²) in [6.45, 7) is 6.47. The van der Waals surface area contributed by atoms with E-state index in [9.17, 15) is 0 Å². The SMILES string of the molecule is CCc1ccccc1C(N)c1nc(C(C)C)cs1. The first-order chi connectivity index (χ1) is 8.63. The molecule has 1 aromatic heterocycles. The third-order valence-corrected chi connectivity index (χ3v) is 4.11. The van der Waals surface area contributed by atoms with Gasteiger partial charge in [0.15, 0.2) is 0 Å². The molecule has 1 heterocycles. The number of hydrogen-bond donors (Lipinski definition) is 1. The minimum atomic E-state index is -0.0985. The van der Waals surface area contributed by atoms with Crippen LogP contribution in [-0.4, -0.2) is 4.98 Å². The van der Waals surface area contributed by atoms with Gasteiger partial charge < -0.3 is 5.73 Å². The van der Waals surface area contributed by atoms with Crippen molar-refractivity contribution >= 4 is 11.3 Å². The summed E-state index contributed by atoms with van der Waals surface area (Å²) < 4.78 is 0. The second-order valence-corrected chi connectivity index (χ2v) is 5.69. The maximum Gasteiger partial charge on any atom is 0.114 e. The van der Waals surface area contributed by atoms with Gasteiger partial charge in [0.2, 0.25) is 0 Å². The van der Waals surface area contributed by atoms with Crippen molar-refractivity contribution in [2.45, 2.75) is 39.2 Å². The Morgan fingerprint density at radius 1 is 1.28 bits per heavy atom. The van der Waals surface area contributed by atoms with Gasteiger partial charge in [0.25, 0.3) is 0 Å².